The van der Waals surface area contributed by atoms with E-state index >= 15 is 0 Å². The maximum atomic E-state index is 5.72. The molecule has 0 atom stereocenters. The summed E-state index contributed by atoms with van der Waals surface area (Å²) < 4.78 is 0. The summed E-state index contributed by atoms with van der Waals surface area (Å²) in [6.45, 7) is 8.25. The molecule has 2 nitrogen and oxygen atoms in total. The number of likely N-dealkylation sites (tertiary alicyclic amines) is 1. The Kier molecular flexibility index (Phi) is 4.28. The zero-order chi connectivity index (χ0) is 13.0. The van der Waals surface area contributed by atoms with Crippen LogP contribution < -0.4 is 5.73 Å². The largest absolute Gasteiger partial charge is 0.399 e. The van der Waals surface area contributed by atoms with E-state index in [-0.39, 0.29) is 0 Å². The molecule has 0 aromatic heterocycles. The first-order chi connectivity index (χ1) is 8.67. The summed E-state index contributed by atoms with van der Waals surface area (Å²) in [5, 5.41) is 0. The highest BCUT2D eigenvalue weighted by Gasteiger charge is 2.30. The van der Waals surface area contributed by atoms with Crippen LogP contribution in [0.4, 0.5) is 5.69 Å². The van der Waals surface area contributed by atoms with E-state index in [1.54, 1.807) is 0 Å². The third-order valence-corrected chi connectivity index (χ3v) is 4.80. The van der Waals surface area contributed by atoms with E-state index in [1.165, 1.54) is 44.3 Å². The van der Waals surface area contributed by atoms with Gasteiger partial charge in [0.05, 0.1) is 0 Å². The average Bonchev–Trinajstić information content (AvgIpc) is 2.43. The summed E-state index contributed by atoms with van der Waals surface area (Å²) in [4.78, 5) is 2.58. The topological polar surface area (TPSA) is 29.3 Å². The molecule has 2 N–H and O–H groups in total. The van der Waals surface area contributed by atoms with Crippen LogP contribution in [0.2, 0.25) is 0 Å². The van der Waals surface area contributed by atoms with Crippen molar-refractivity contribution in [2.24, 2.45) is 5.41 Å². The van der Waals surface area contributed by atoms with Crippen LogP contribution in [-0.2, 0) is 6.54 Å². The number of hydrogen-bond acceptors (Lipinski definition) is 2. The van der Waals surface area contributed by atoms with Crippen molar-refractivity contribution < 1.29 is 0 Å². The molecule has 1 saturated heterocycles. The SMILES string of the molecule is CCC1(CC)CCN(Cc2ccc(N)cc2)CC1. The Hall–Kier alpha value is -1.02. The number of rotatable bonds is 4. The lowest BCUT2D eigenvalue weighted by Crippen LogP contribution is -2.39. The van der Waals surface area contributed by atoms with Crippen LogP contribution in [0, 0.1) is 5.41 Å². The molecule has 1 aromatic carbocycles. The molecule has 1 heterocycles. The molecule has 0 unspecified atom stereocenters. The first-order valence-electron chi connectivity index (χ1n) is 7.24. The number of hydrogen-bond donors (Lipinski definition) is 1. The minimum Gasteiger partial charge on any atom is -0.399 e. The van der Waals surface area contributed by atoms with Crippen molar-refractivity contribution in [2.75, 3.05) is 18.8 Å². The second-order valence-corrected chi connectivity index (χ2v) is 5.72. The van der Waals surface area contributed by atoms with Crippen LogP contribution in [0.3, 0.4) is 0 Å². The van der Waals surface area contributed by atoms with Gasteiger partial charge in [-0.1, -0.05) is 38.8 Å². The Bertz CT molecular complexity index is 355. The van der Waals surface area contributed by atoms with Crippen LogP contribution in [0.5, 0.6) is 0 Å². The predicted octanol–water partition coefficient (Wildman–Crippen LogP) is 3.67. The Morgan fingerprint density at radius 2 is 1.61 bits per heavy atom. The normalized spacial score (nSPS) is 19.9. The highest BCUT2D eigenvalue weighted by Crippen LogP contribution is 2.38. The van der Waals surface area contributed by atoms with Gasteiger partial charge in [0, 0.05) is 12.2 Å². The Balaban J connectivity index is 1.88. The van der Waals surface area contributed by atoms with Gasteiger partial charge in [0.15, 0.2) is 0 Å². The van der Waals surface area contributed by atoms with Gasteiger partial charge in [0.1, 0.15) is 0 Å². The van der Waals surface area contributed by atoms with Crippen molar-refractivity contribution in [3.8, 4) is 0 Å². The number of nitrogen functional groups attached to an aromatic ring is 1. The van der Waals surface area contributed by atoms with Crippen LogP contribution in [-0.4, -0.2) is 18.0 Å². The minimum atomic E-state index is 0.623. The third-order valence-electron chi connectivity index (χ3n) is 4.80. The minimum absolute atomic E-state index is 0.623. The van der Waals surface area contributed by atoms with Crippen molar-refractivity contribution >= 4 is 5.69 Å². The number of nitrogens with zero attached hydrogens (tertiary/aromatic N) is 1. The highest BCUT2D eigenvalue weighted by molar-refractivity contribution is 5.39. The maximum absolute atomic E-state index is 5.72. The molecular weight excluding hydrogens is 220 g/mol. The summed E-state index contributed by atoms with van der Waals surface area (Å²) in [6, 6.07) is 8.30. The van der Waals surface area contributed by atoms with E-state index in [2.05, 4.69) is 30.9 Å². The first kappa shape index (κ1) is 13.4. The molecule has 0 amide bonds. The second-order valence-electron chi connectivity index (χ2n) is 5.72. The standard InChI is InChI=1S/C16H26N2/c1-3-16(4-2)9-11-18(12-10-16)13-14-5-7-15(17)8-6-14/h5-8H,3-4,9-13,17H2,1-2H3. The number of anilines is 1. The zero-order valence-corrected chi connectivity index (χ0v) is 11.8. The number of piperidine rings is 1. The summed E-state index contributed by atoms with van der Waals surface area (Å²) in [6.07, 6.45) is 5.38. The van der Waals surface area contributed by atoms with Gasteiger partial charge in [-0.2, -0.15) is 0 Å². The van der Waals surface area contributed by atoms with Crippen molar-refractivity contribution in [1.82, 2.24) is 4.90 Å². The second kappa shape index (κ2) is 5.75. The summed E-state index contributed by atoms with van der Waals surface area (Å²) in [5.74, 6) is 0. The molecule has 0 radical (unpaired) electrons. The molecular formula is C16H26N2. The quantitative estimate of drug-likeness (QED) is 0.821. The zero-order valence-electron chi connectivity index (χ0n) is 11.8. The Morgan fingerprint density at radius 3 is 2.11 bits per heavy atom. The van der Waals surface area contributed by atoms with E-state index < -0.39 is 0 Å². The van der Waals surface area contributed by atoms with Crippen LogP contribution in [0.15, 0.2) is 24.3 Å². The van der Waals surface area contributed by atoms with Gasteiger partial charge in [0.25, 0.3) is 0 Å². The Labute approximate surface area is 111 Å². The lowest BCUT2D eigenvalue weighted by molar-refractivity contribution is 0.0909. The third kappa shape index (κ3) is 3.05. The molecule has 0 saturated carbocycles. The molecule has 18 heavy (non-hydrogen) atoms. The van der Waals surface area contributed by atoms with Crippen molar-refractivity contribution in [3.63, 3.8) is 0 Å². The molecule has 100 valence electrons. The van der Waals surface area contributed by atoms with Gasteiger partial charge < -0.3 is 5.73 Å². The number of nitrogens with two attached hydrogens (primary N) is 1. The molecule has 2 rings (SSSR count). The molecule has 1 aliphatic rings. The van der Waals surface area contributed by atoms with E-state index in [1.807, 2.05) is 12.1 Å². The fourth-order valence-electron chi connectivity index (χ4n) is 3.02. The summed E-state index contributed by atoms with van der Waals surface area (Å²) in [5.41, 5.74) is 8.57. The molecule has 1 aliphatic heterocycles. The van der Waals surface area contributed by atoms with Crippen LogP contribution >= 0.6 is 0 Å². The Morgan fingerprint density at radius 1 is 1.06 bits per heavy atom. The van der Waals surface area contributed by atoms with Crippen molar-refractivity contribution in [3.05, 3.63) is 29.8 Å². The van der Waals surface area contributed by atoms with Crippen LogP contribution in [0.25, 0.3) is 0 Å². The van der Waals surface area contributed by atoms with Gasteiger partial charge >= 0.3 is 0 Å². The monoisotopic (exact) mass is 246 g/mol. The van der Waals surface area contributed by atoms with Crippen molar-refractivity contribution in [2.45, 2.75) is 46.1 Å². The predicted molar refractivity (Wildman–Crippen MR) is 78.4 cm³/mol. The summed E-state index contributed by atoms with van der Waals surface area (Å²) >= 11 is 0. The van der Waals surface area contributed by atoms with Gasteiger partial charge in [-0.25, -0.2) is 0 Å². The highest BCUT2D eigenvalue weighted by atomic mass is 15.1. The molecule has 1 fully saturated rings. The molecule has 0 aliphatic carbocycles. The average molecular weight is 246 g/mol. The van der Waals surface area contributed by atoms with E-state index in [0.717, 1.165) is 12.2 Å². The molecule has 0 bridgehead atoms. The smallest absolute Gasteiger partial charge is 0.0314 e. The lowest BCUT2D eigenvalue weighted by atomic mass is 9.74. The fourth-order valence-corrected chi connectivity index (χ4v) is 3.02. The summed E-state index contributed by atoms with van der Waals surface area (Å²) in [7, 11) is 0. The van der Waals surface area contributed by atoms with E-state index in [0.29, 0.717) is 5.41 Å². The lowest BCUT2D eigenvalue weighted by Gasteiger charge is -2.41. The van der Waals surface area contributed by atoms with E-state index in [4.69, 9.17) is 5.73 Å². The van der Waals surface area contributed by atoms with Crippen molar-refractivity contribution in [1.29, 1.82) is 0 Å². The van der Waals surface area contributed by atoms with E-state index in [9.17, 15) is 0 Å². The fraction of sp³-hybridized carbons (Fsp3) is 0.625. The van der Waals surface area contributed by atoms with Gasteiger partial charge in [-0.05, 0) is 49.0 Å². The number of benzene rings is 1. The maximum Gasteiger partial charge on any atom is 0.0314 e. The molecule has 0 spiro atoms. The molecule has 1 aromatic rings. The van der Waals surface area contributed by atoms with Gasteiger partial charge in [0.2, 0.25) is 0 Å². The van der Waals surface area contributed by atoms with Gasteiger partial charge in [-0.3, -0.25) is 4.90 Å². The van der Waals surface area contributed by atoms with Gasteiger partial charge in [-0.15, -0.1) is 0 Å². The molecule has 2 heteroatoms. The van der Waals surface area contributed by atoms with Crippen LogP contribution in [0.1, 0.15) is 45.1 Å². The first-order valence-corrected chi connectivity index (χ1v) is 7.24.